The largest absolute Gasteiger partial charge is 0.447 e. The van der Waals surface area contributed by atoms with Crippen LogP contribution in [0.2, 0.25) is 0 Å². The molecule has 0 saturated heterocycles. The Morgan fingerprint density at radius 3 is 2.12 bits per heavy atom. The lowest BCUT2D eigenvalue weighted by Crippen LogP contribution is -2.36. The van der Waals surface area contributed by atoms with Gasteiger partial charge in [-0.15, -0.1) is 0 Å². The first kappa shape index (κ1) is 41.4. The minimum atomic E-state index is -0.482. The van der Waals surface area contributed by atoms with Gasteiger partial charge in [-0.1, -0.05) is 62.8 Å². The van der Waals surface area contributed by atoms with E-state index in [-0.39, 0.29) is 54.1 Å². The fourth-order valence-electron chi connectivity index (χ4n) is 2.62. The summed E-state index contributed by atoms with van der Waals surface area (Å²) in [6.45, 7) is 14.9. The Morgan fingerprint density at radius 2 is 1.62 bits per heavy atom. The number of hydrogen-bond acceptors (Lipinski definition) is 6. The van der Waals surface area contributed by atoms with Gasteiger partial charge in [0.15, 0.2) is 0 Å². The van der Waals surface area contributed by atoms with E-state index in [9.17, 15) is 4.79 Å². The second-order valence-corrected chi connectivity index (χ2v) is 8.26. The zero-order chi connectivity index (χ0) is 21.4. The number of carbonyl (C=O) groups excluding carboxylic acids is 1. The van der Waals surface area contributed by atoms with Crippen LogP contribution in [0.3, 0.4) is 0 Å². The Bertz CT molecular complexity index is 389. The third-order valence-corrected chi connectivity index (χ3v) is 4.15. The molecule has 3 atom stereocenters. The number of carbonyl (C=O) groups is 1. The third-order valence-electron chi connectivity index (χ3n) is 4.15. The Morgan fingerprint density at radius 1 is 1.00 bits per heavy atom. The summed E-state index contributed by atoms with van der Waals surface area (Å²) in [4.78, 5) is 11.5. The van der Waals surface area contributed by atoms with Crippen LogP contribution >= 0.6 is 0 Å². The van der Waals surface area contributed by atoms with Crippen molar-refractivity contribution in [3.63, 3.8) is 0 Å². The van der Waals surface area contributed by atoms with Gasteiger partial charge in [-0.05, 0) is 40.0 Å². The number of unbranched alkanes of at least 4 members (excludes halogenated alkanes) is 1. The molecular formula is C25H60N2O5. The van der Waals surface area contributed by atoms with Crippen molar-refractivity contribution < 1.29 is 23.7 Å². The highest BCUT2D eigenvalue weighted by molar-refractivity contribution is 5.67. The minimum absolute atomic E-state index is 0. The van der Waals surface area contributed by atoms with Gasteiger partial charge in [0, 0.05) is 19.7 Å². The van der Waals surface area contributed by atoms with E-state index in [0.29, 0.717) is 32.2 Å². The normalized spacial score (nSPS) is 13.2. The Hall–Kier alpha value is -0.890. The highest BCUT2D eigenvalue weighted by Gasteiger charge is 2.21. The monoisotopic (exact) mass is 468 g/mol. The van der Waals surface area contributed by atoms with Crippen molar-refractivity contribution in [3.05, 3.63) is 0 Å². The predicted octanol–water partition coefficient (Wildman–Crippen LogP) is 6.04. The lowest BCUT2D eigenvalue weighted by atomic mass is 10.0. The summed E-state index contributed by atoms with van der Waals surface area (Å²) in [5.41, 5.74) is 5.05. The minimum Gasteiger partial charge on any atom is -0.447 e. The summed E-state index contributed by atoms with van der Waals surface area (Å²) in [5.74, 6) is 0.593. The molecule has 0 aliphatic heterocycles. The maximum Gasteiger partial charge on any atom is 0.407 e. The van der Waals surface area contributed by atoms with E-state index in [1.54, 1.807) is 0 Å². The summed E-state index contributed by atoms with van der Waals surface area (Å²) >= 11 is 0. The molecule has 7 heteroatoms. The molecule has 0 radical (unpaired) electrons. The third kappa shape index (κ3) is 25.4. The van der Waals surface area contributed by atoms with Gasteiger partial charge in [0.05, 0.1) is 24.9 Å². The highest BCUT2D eigenvalue weighted by atomic mass is 16.6. The van der Waals surface area contributed by atoms with Gasteiger partial charge in [-0.2, -0.15) is 0 Å². The summed E-state index contributed by atoms with van der Waals surface area (Å²) in [6.07, 6.45) is 3.90. The van der Waals surface area contributed by atoms with Crippen LogP contribution in [0.5, 0.6) is 0 Å². The Kier molecular flexibility index (Phi) is 32.0. The fourth-order valence-corrected chi connectivity index (χ4v) is 2.62. The molecule has 1 amide bonds. The first-order chi connectivity index (χ1) is 13.2. The second kappa shape index (κ2) is 24.7. The molecule has 32 heavy (non-hydrogen) atoms. The predicted molar refractivity (Wildman–Crippen MR) is 139 cm³/mol. The van der Waals surface area contributed by atoms with E-state index < -0.39 is 6.09 Å². The molecule has 0 spiro atoms. The Labute approximate surface area is 201 Å². The number of rotatable bonds is 16. The molecule has 0 saturated carbocycles. The van der Waals surface area contributed by atoms with Crippen LogP contribution in [-0.4, -0.2) is 63.4 Å². The van der Waals surface area contributed by atoms with Crippen molar-refractivity contribution in [1.82, 2.24) is 5.32 Å². The SMILES string of the molecule is C.C.C.C.CCCCC(CC)COCC(COC(C)COC(=O)NCCN)OC(C)(C)C. The van der Waals surface area contributed by atoms with Gasteiger partial charge >= 0.3 is 6.09 Å². The summed E-state index contributed by atoms with van der Waals surface area (Å²) in [7, 11) is 0. The quantitative estimate of drug-likeness (QED) is 0.287. The van der Waals surface area contributed by atoms with Crippen molar-refractivity contribution in [1.29, 1.82) is 0 Å². The average molecular weight is 469 g/mol. The molecule has 200 valence electrons. The standard InChI is InChI=1S/C21H44N2O5.4CH4/c1-7-9-10-18(8-2)14-25-15-19(28-21(4,5)6)16-26-17(3)13-27-20(24)23-12-11-22;;;;/h17-19H,7-16,22H2,1-6H3,(H,23,24);4*1H4. The zero-order valence-corrected chi connectivity index (χ0v) is 18.9. The van der Waals surface area contributed by atoms with E-state index >= 15 is 0 Å². The van der Waals surface area contributed by atoms with Crippen molar-refractivity contribution in [3.8, 4) is 0 Å². The molecule has 0 fully saturated rings. The van der Waals surface area contributed by atoms with Crippen LogP contribution in [0, 0.1) is 5.92 Å². The first-order valence-electron chi connectivity index (χ1n) is 10.7. The smallest absolute Gasteiger partial charge is 0.407 e. The fraction of sp³-hybridized carbons (Fsp3) is 0.960. The molecule has 0 rings (SSSR count). The van der Waals surface area contributed by atoms with Crippen LogP contribution in [0.25, 0.3) is 0 Å². The molecule has 0 bridgehead atoms. The van der Waals surface area contributed by atoms with Gasteiger partial charge in [0.25, 0.3) is 0 Å². The highest BCUT2D eigenvalue weighted by Crippen LogP contribution is 2.15. The van der Waals surface area contributed by atoms with Crippen molar-refractivity contribution in [2.45, 2.75) is 115 Å². The molecule has 0 aromatic carbocycles. The molecule has 3 unspecified atom stereocenters. The van der Waals surface area contributed by atoms with Crippen LogP contribution in [0.15, 0.2) is 0 Å². The van der Waals surface area contributed by atoms with Crippen LogP contribution in [0.4, 0.5) is 4.79 Å². The summed E-state index contributed by atoms with van der Waals surface area (Å²) in [6, 6.07) is 0. The molecular weight excluding hydrogens is 408 g/mol. The lowest BCUT2D eigenvalue weighted by molar-refractivity contribution is -0.133. The van der Waals surface area contributed by atoms with Crippen LogP contribution < -0.4 is 11.1 Å². The number of nitrogens with two attached hydrogens (primary N) is 1. The first-order valence-corrected chi connectivity index (χ1v) is 10.7. The number of alkyl carbamates (subject to hydrolysis) is 1. The van der Waals surface area contributed by atoms with Gasteiger partial charge in [-0.3, -0.25) is 0 Å². The average Bonchev–Trinajstić information content (AvgIpc) is 2.64. The van der Waals surface area contributed by atoms with Gasteiger partial charge in [0.1, 0.15) is 12.7 Å². The molecule has 3 N–H and O–H groups in total. The molecule has 0 aromatic heterocycles. The number of hydrogen-bond donors (Lipinski definition) is 2. The van der Waals surface area contributed by atoms with Gasteiger partial charge in [-0.25, -0.2) is 4.79 Å². The van der Waals surface area contributed by atoms with E-state index in [0.717, 1.165) is 13.0 Å². The molecule has 0 aliphatic carbocycles. The van der Waals surface area contributed by atoms with Crippen molar-refractivity contribution in [2.24, 2.45) is 11.7 Å². The van der Waals surface area contributed by atoms with E-state index in [2.05, 4.69) is 19.2 Å². The summed E-state index contributed by atoms with van der Waals surface area (Å²) in [5, 5.41) is 2.56. The van der Waals surface area contributed by atoms with Crippen LogP contribution in [0.1, 0.15) is 96.9 Å². The van der Waals surface area contributed by atoms with E-state index in [4.69, 9.17) is 24.7 Å². The second-order valence-electron chi connectivity index (χ2n) is 8.26. The van der Waals surface area contributed by atoms with Crippen molar-refractivity contribution in [2.75, 3.05) is 39.5 Å². The van der Waals surface area contributed by atoms with E-state index in [1.165, 1.54) is 19.3 Å². The molecule has 0 aromatic rings. The molecule has 0 heterocycles. The van der Waals surface area contributed by atoms with Crippen molar-refractivity contribution >= 4 is 6.09 Å². The molecule has 0 aliphatic rings. The summed E-state index contributed by atoms with van der Waals surface area (Å²) < 4.78 is 23.0. The maximum atomic E-state index is 11.5. The lowest BCUT2D eigenvalue weighted by Gasteiger charge is -2.29. The van der Waals surface area contributed by atoms with Crippen LogP contribution in [-0.2, 0) is 18.9 Å². The number of amides is 1. The van der Waals surface area contributed by atoms with Gasteiger partial charge < -0.3 is 30.0 Å². The Balaban J connectivity index is -0.000000607. The maximum absolute atomic E-state index is 11.5. The number of ether oxygens (including phenoxy) is 4. The molecule has 7 nitrogen and oxygen atoms in total. The van der Waals surface area contributed by atoms with E-state index in [1.807, 2.05) is 27.7 Å². The van der Waals surface area contributed by atoms with Gasteiger partial charge in [0.2, 0.25) is 0 Å². The number of nitrogens with one attached hydrogen (secondary N) is 1. The topological polar surface area (TPSA) is 92.0 Å². The zero-order valence-electron chi connectivity index (χ0n) is 18.9.